The van der Waals surface area contributed by atoms with E-state index in [1.54, 1.807) is 30.7 Å². The highest BCUT2D eigenvalue weighted by molar-refractivity contribution is 6.03. The van der Waals surface area contributed by atoms with Gasteiger partial charge in [0.25, 0.3) is 5.91 Å². The largest absolute Gasteiger partial charge is 0.306 e. The fourth-order valence-corrected chi connectivity index (χ4v) is 1.30. The SMILES string of the molecule is Cc1cccnc1NC(=O)c1ccncc1. The fourth-order valence-electron chi connectivity index (χ4n) is 1.30. The summed E-state index contributed by atoms with van der Waals surface area (Å²) in [6, 6.07) is 7.05. The average molecular weight is 213 g/mol. The van der Waals surface area contributed by atoms with Crippen LogP contribution in [0, 0.1) is 6.92 Å². The summed E-state index contributed by atoms with van der Waals surface area (Å²) in [6.07, 6.45) is 4.82. The van der Waals surface area contributed by atoms with Gasteiger partial charge in [-0.15, -0.1) is 0 Å². The molecule has 0 aliphatic carbocycles. The molecule has 0 unspecified atom stereocenters. The Morgan fingerprint density at radius 3 is 2.62 bits per heavy atom. The first-order chi connectivity index (χ1) is 7.77. The number of rotatable bonds is 2. The fraction of sp³-hybridized carbons (Fsp3) is 0.0833. The van der Waals surface area contributed by atoms with Crippen molar-refractivity contribution in [1.29, 1.82) is 0 Å². The molecular formula is C12H11N3O. The molecule has 0 bridgehead atoms. The minimum atomic E-state index is -0.177. The van der Waals surface area contributed by atoms with Crippen LogP contribution in [0.4, 0.5) is 5.82 Å². The van der Waals surface area contributed by atoms with Crippen LogP contribution in [0.25, 0.3) is 0 Å². The Kier molecular flexibility index (Phi) is 2.91. The summed E-state index contributed by atoms with van der Waals surface area (Å²) >= 11 is 0. The normalized spacial score (nSPS) is 9.81. The van der Waals surface area contributed by atoms with Gasteiger partial charge in [-0.3, -0.25) is 9.78 Å². The number of aryl methyl sites for hydroxylation is 1. The number of hydrogen-bond acceptors (Lipinski definition) is 3. The summed E-state index contributed by atoms with van der Waals surface area (Å²) in [5.74, 6) is 0.411. The summed E-state index contributed by atoms with van der Waals surface area (Å²) in [6.45, 7) is 1.90. The molecule has 0 radical (unpaired) electrons. The van der Waals surface area contributed by atoms with Crippen molar-refractivity contribution >= 4 is 11.7 Å². The monoisotopic (exact) mass is 213 g/mol. The predicted molar refractivity (Wildman–Crippen MR) is 61.2 cm³/mol. The number of pyridine rings is 2. The van der Waals surface area contributed by atoms with Gasteiger partial charge in [-0.2, -0.15) is 0 Å². The zero-order valence-electron chi connectivity index (χ0n) is 8.84. The molecular weight excluding hydrogens is 202 g/mol. The topological polar surface area (TPSA) is 54.9 Å². The molecule has 4 heteroatoms. The maximum Gasteiger partial charge on any atom is 0.256 e. The number of carbonyl (C=O) groups is 1. The average Bonchev–Trinajstić information content (AvgIpc) is 2.33. The van der Waals surface area contributed by atoms with E-state index in [2.05, 4.69) is 15.3 Å². The van der Waals surface area contributed by atoms with Gasteiger partial charge < -0.3 is 5.32 Å². The quantitative estimate of drug-likeness (QED) is 0.830. The minimum absolute atomic E-state index is 0.177. The van der Waals surface area contributed by atoms with Gasteiger partial charge in [-0.1, -0.05) is 6.07 Å². The lowest BCUT2D eigenvalue weighted by Crippen LogP contribution is -2.13. The van der Waals surface area contributed by atoms with E-state index in [1.807, 2.05) is 19.1 Å². The van der Waals surface area contributed by atoms with Crippen molar-refractivity contribution in [3.63, 3.8) is 0 Å². The summed E-state index contributed by atoms with van der Waals surface area (Å²) in [7, 11) is 0. The van der Waals surface area contributed by atoms with E-state index in [0.717, 1.165) is 5.56 Å². The highest BCUT2D eigenvalue weighted by Crippen LogP contribution is 2.10. The van der Waals surface area contributed by atoms with Crippen LogP contribution in [0.1, 0.15) is 15.9 Å². The number of amides is 1. The Morgan fingerprint density at radius 2 is 1.94 bits per heavy atom. The van der Waals surface area contributed by atoms with Crippen LogP contribution in [-0.2, 0) is 0 Å². The van der Waals surface area contributed by atoms with Crippen LogP contribution in [0.2, 0.25) is 0 Å². The van der Waals surface area contributed by atoms with Crippen molar-refractivity contribution in [3.8, 4) is 0 Å². The Morgan fingerprint density at radius 1 is 1.19 bits per heavy atom. The molecule has 0 aliphatic rings. The molecule has 0 atom stereocenters. The van der Waals surface area contributed by atoms with Gasteiger partial charge >= 0.3 is 0 Å². The number of hydrogen-bond donors (Lipinski definition) is 1. The third kappa shape index (κ3) is 2.23. The summed E-state index contributed by atoms with van der Waals surface area (Å²) in [5.41, 5.74) is 1.50. The summed E-state index contributed by atoms with van der Waals surface area (Å²) in [4.78, 5) is 19.7. The number of nitrogens with one attached hydrogen (secondary N) is 1. The van der Waals surface area contributed by atoms with Crippen LogP contribution >= 0.6 is 0 Å². The second-order valence-corrected chi connectivity index (χ2v) is 3.36. The van der Waals surface area contributed by atoms with Crippen molar-refractivity contribution in [3.05, 3.63) is 54.0 Å². The molecule has 2 aromatic heterocycles. The van der Waals surface area contributed by atoms with Crippen LogP contribution in [0.5, 0.6) is 0 Å². The molecule has 80 valence electrons. The molecule has 0 fully saturated rings. The molecule has 0 saturated heterocycles. The smallest absolute Gasteiger partial charge is 0.256 e. The lowest BCUT2D eigenvalue weighted by atomic mass is 10.2. The maximum atomic E-state index is 11.8. The van der Waals surface area contributed by atoms with Crippen molar-refractivity contribution in [2.45, 2.75) is 6.92 Å². The van der Waals surface area contributed by atoms with E-state index in [1.165, 1.54) is 0 Å². The molecule has 0 saturated carbocycles. The molecule has 2 rings (SSSR count). The van der Waals surface area contributed by atoms with E-state index in [0.29, 0.717) is 11.4 Å². The third-order valence-corrected chi connectivity index (χ3v) is 2.18. The van der Waals surface area contributed by atoms with Gasteiger partial charge in [-0.25, -0.2) is 4.98 Å². The van der Waals surface area contributed by atoms with Crippen molar-refractivity contribution in [1.82, 2.24) is 9.97 Å². The number of anilines is 1. The van der Waals surface area contributed by atoms with Crippen LogP contribution < -0.4 is 5.32 Å². The van der Waals surface area contributed by atoms with Crippen LogP contribution in [0.3, 0.4) is 0 Å². The van der Waals surface area contributed by atoms with Gasteiger partial charge in [0.1, 0.15) is 5.82 Å². The number of nitrogens with zero attached hydrogens (tertiary/aromatic N) is 2. The highest BCUT2D eigenvalue weighted by atomic mass is 16.1. The summed E-state index contributed by atoms with van der Waals surface area (Å²) in [5, 5.41) is 2.75. The van der Waals surface area contributed by atoms with Crippen LogP contribution in [-0.4, -0.2) is 15.9 Å². The summed E-state index contributed by atoms with van der Waals surface area (Å²) < 4.78 is 0. The van der Waals surface area contributed by atoms with E-state index in [9.17, 15) is 4.79 Å². The van der Waals surface area contributed by atoms with Crippen LogP contribution in [0.15, 0.2) is 42.9 Å². The molecule has 16 heavy (non-hydrogen) atoms. The molecule has 1 N–H and O–H groups in total. The van der Waals surface area contributed by atoms with E-state index in [-0.39, 0.29) is 5.91 Å². The molecule has 4 nitrogen and oxygen atoms in total. The predicted octanol–water partition coefficient (Wildman–Crippen LogP) is 2.04. The molecule has 0 aliphatic heterocycles. The Balaban J connectivity index is 2.18. The maximum absolute atomic E-state index is 11.8. The van der Waals surface area contributed by atoms with E-state index < -0.39 is 0 Å². The van der Waals surface area contributed by atoms with Gasteiger partial charge in [0.2, 0.25) is 0 Å². The second-order valence-electron chi connectivity index (χ2n) is 3.36. The highest BCUT2D eigenvalue weighted by Gasteiger charge is 2.07. The van der Waals surface area contributed by atoms with Gasteiger partial charge in [-0.05, 0) is 30.7 Å². The van der Waals surface area contributed by atoms with Gasteiger partial charge in [0.15, 0.2) is 0 Å². The molecule has 1 amide bonds. The van der Waals surface area contributed by atoms with Gasteiger partial charge in [0, 0.05) is 24.2 Å². The Bertz CT molecular complexity index is 497. The zero-order valence-corrected chi connectivity index (χ0v) is 8.84. The zero-order chi connectivity index (χ0) is 11.4. The van der Waals surface area contributed by atoms with Crippen molar-refractivity contribution in [2.75, 3.05) is 5.32 Å². The number of aromatic nitrogens is 2. The Hall–Kier alpha value is -2.23. The Labute approximate surface area is 93.4 Å². The van der Waals surface area contributed by atoms with E-state index >= 15 is 0 Å². The molecule has 2 heterocycles. The standard InChI is InChI=1S/C12H11N3O/c1-9-3-2-6-14-11(9)15-12(16)10-4-7-13-8-5-10/h2-8H,1H3,(H,14,15,16). The second kappa shape index (κ2) is 4.53. The molecule has 0 spiro atoms. The van der Waals surface area contributed by atoms with Gasteiger partial charge in [0.05, 0.1) is 0 Å². The first kappa shape index (κ1) is 10.3. The minimum Gasteiger partial charge on any atom is -0.306 e. The first-order valence-corrected chi connectivity index (χ1v) is 4.90. The molecule has 2 aromatic rings. The van der Waals surface area contributed by atoms with Crippen molar-refractivity contribution < 1.29 is 4.79 Å². The first-order valence-electron chi connectivity index (χ1n) is 4.90. The van der Waals surface area contributed by atoms with Crippen molar-refractivity contribution in [2.24, 2.45) is 0 Å². The lowest BCUT2D eigenvalue weighted by Gasteiger charge is -2.06. The molecule has 0 aromatic carbocycles. The van der Waals surface area contributed by atoms with E-state index in [4.69, 9.17) is 0 Å². The number of carbonyl (C=O) groups excluding carboxylic acids is 1. The third-order valence-electron chi connectivity index (χ3n) is 2.18. The lowest BCUT2D eigenvalue weighted by molar-refractivity contribution is 0.102.